The van der Waals surface area contributed by atoms with Crippen LogP contribution in [0.15, 0.2) is 12.4 Å². The van der Waals surface area contributed by atoms with Crippen molar-refractivity contribution in [2.45, 2.75) is 38.0 Å². The molecule has 0 unspecified atom stereocenters. The number of nitrogens with zero attached hydrogens (tertiary/aromatic N) is 4. The van der Waals surface area contributed by atoms with Gasteiger partial charge in [0.2, 0.25) is 0 Å². The van der Waals surface area contributed by atoms with Crippen molar-refractivity contribution in [1.82, 2.24) is 19.7 Å². The number of carbonyl (C=O) groups is 1. The van der Waals surface area contributed by atoms with Gasteiger partial charge in [-0.15, -0.1) is 0 Å². The van der Waals surface area contributed by atoms with Gasteiger partial charge in [0.15, 0.2) is 0 Å². The van der Waals surface area contributed by atoms with Gasteiger partial charge in [-0.3, -0.25) is 19.2 Å². The summed E-state index contributed by atoms with van der Waals surface area (Å²) in [4.78, 5) is 20.5. The van der Waals surface area contributed by atoms with Gasteiger partial charge in [0, 0.05) is 44.5 Å². The van der Waals surface area contributed by atoms with E-state index in [1.807, 2.05) is 24.1 Å². The van der Waals surface area contributed by atoms with E-state index in [1.165, 1.54) is 5.56 Å². The highest BCUT2D eigenvalue weighted by atomic mass is 16.7. The van der Waals surface area contributed by atoms with Crippen LogP contribution < -0.4 is 0 Å². The standard InChI is InChI=1S/C16H24N4O3/c1-18-9-12(8-17-18)10-19-11-13(7-15-14(19)3-6-22-15)16(21)20-4-2-5-23-20/h8-9,13-15H,2-7,10-11H2,1H3/t13-,14+,15+/m0/s1. The molecule has 1 amide bonds. The first kappa shape index (κ1) is 15.1. The number of aromatic nitrogens is 2. The lowest BCUT2D eigenvalue weighted by Crippen LogP contribution is -2.52. The fourth-order valence-electron chi connectivity index (χ4n) is 4.03. The Labute approximate surface area is 136 Å². The van der Waals surface area contributed by atoms with Crippen LogP contribution in [0.5, 0.6) is 0 Å². The molecular weight excluding hydrogens is 296 g/mol. The van der Waals surface area contributed by atoms with Crippen LogP contribution in [-0.4, -0.2) is 64.1 Å². The van der Waals surface area contributed by atoms with E-state index in [0.29, 0.717) is 19.2 Å². The second kappa shape index (κ2) is 6.22. The van der Waals surface area contributed by atoms with E-state index >= 15 is 0 Å². The molecule has 3 aliphatic rings. The molecule has 0 spiro atoms. The zero-order valence-electron chi connectivity index (χ0n) is 13.6. The largest absolute Gasteiger partial charge is 0.377 e. The Kier molecular flexibility index (Phi) is 4.09. The van der Waals surface area contributed by atoms with Gasteiger partial charge in [0.25, 0.3) is 5.91 Å². The zero-order valence-corrected chi connectivity index (χ0v) is 13.6. The molecule has 0 aliphatic carbocycles. The summed E-state index contributed by atoms with van der Waals surface area (Å²) in [5.74, 6) is 0.0803. The molecule has 3 fully saturated rings. The minimum Gasteiger partial charge on any atom is -0.377 e. The SMILES string of the molecule is Cn1cc(CN2C[C@@H](C(=O)N3CCCO3)C[C@H]3OCC[C@H]32)cn1. The molecule has 3 atom stereocenters. The van der Waals surface area contributed by atoms with Crippen molar-refractivity contribution in [3.05, 3.63) is 18.0 Å². The summed E-state index contributed by atoms with van der Waals surface area (Å²) in [5.41, 5.74) is 1.18. The summed E-state index contributed by atoms with van der Waals surface area (Å²) >= 11 is 0. The van der Waals surface area contributed by atoms with E-state index in [0.717, 1.165) is 39.0 Å². The molecule has 4 heterocycles. The Bertz CT molecular complexity index is 569. The Morgan fingerprint density at radius 2 is 2.35 bits per heavy atom. The van der Waals surface area contributed by atoms with Crippen LogP contribution in [0.3, 0.4) is 0 Å². The summed E-state index contributed by atoms with van der Waals surface area (Å²) in [6.07, 6.45) is 6.90. The van der Waals surface area contributed by atoms with Crippen LogP contribution in [0.4, 0.5) is 0 Å². The molecule has 4 rings (SSSR count). The lowest BCUT2D eigenvalue weighted by molar-refractivity contribution is -0.177. The molecule has 7 nitrogen and oxygen atoms in total. The van der Waals surface area contributed by atoms with Crippen LogP contribution in [0, 0.1) is 5.92 Å². The number of hydrogen-bond acceptors (Lipinski definition) is 5. The monoisotopic (exact) mass is 320 g/mol. The molecule has 0 aromatic carbocycles. The number of hydrogen-bond donors (Lipinski definition) is 0. The molecule has 0 saturated carbocycles. The molecule has 126 valence electrons. The van der Waals surface area contributed by atoms with Gasteiger partial charge < -0.3 is 4.74 Å². The number of ether oxygens (including phenoxy) is 1. The van der Waals surface area contributed by atoms with E-state index < -0.39 is 0 Å². The number of carbonyl (C=O) groups excluding carboxylic acids is 1. The number of piperidine rings is 1. The summed E-state index contributed by atoms with van der Waals surface area (Å²) < 4.78 is 7.72. The molecule has 0 radical (unpaired) electrons. The molecule has 3 saturated heterocycles. The Morgan fingerprint density at radius 1 is 1.43 bits per heavy atom. The molecule has 0 bridgehead atoms. The average molecular weight is 320 g/mol. The predicted molar refractivity (Wildman–Crippen MR) is 82.2 cm³/mol. The maximum Gasteiger partial charge on any atom is 0.250 e. The Balaban J connectivity index is 1.48. The molecule has 1 aromatic heterocycles. The molecule has 23 heavy (non-hydrogen) atoms. The Morgan fingerprint density at radius 3 is 3.09 bits per heavy atom. The van der Waals surface area contributed by atoms with E-state index in [4.69, 9.17) is 9.57 Å². The number of hydroxylamine groups is 2. The van der Waals surface area contributed by atoms with Gasteiger partial charge in [0.1, 0.15) is 0 Å². The zero-order chi connectivity index (χ0) is 15.8. The van der Waals surface area contributed by atoms with Crippen molar-refractivity contribution in [3.8, 4) is 0 Å². The minimum atomic E-state index is -0.0379. The van der Waals surface area contributed by atoms with E-state index in [1.54, 1.807) is 5.06 Å². The summed E-state index contributed by atoms with van der Waals surface area (Å²) in [5, 5.41) is 5.81. The van der Waals surface area contributed by atoms with Gasteiger partial charge in [0.05, 0.1) is 31.4 Å². The summed E-state index contributed by atoms with van der Waals surface area (Å²) in [6.45, 7) is 3.76. The first-order valence-electron chi connectivity index (χ1n) is 8.48. The van der Waals surface area contributed by atoms with E-state index in [9.17, 15) is 4.79 Å². The maximum atomic E-state index is 12.7. The molecule has 1 aromatic rings. The Hall–Kier alpha value is -1.44. The number of rotatable bonds is 3. The highest BCUT2D eigenvalue weighted by molar-refractivity contribution is 5.78. The highest BCUT2D eigenvalue weighted by Crippen LogP contribution is 2.33. The van der Waals surface area contributed by atoms with Crippen molar-refractivity contribution in [2.24, 2.45) is 13.0 Å². The summed E-state index contributed by atoms with van der Waals surface area (Å²) in [7, 11) is 1.93. The van der Waals surface area contributed by atoms with Crippen molar-refractivity contribution >= 4 is 5.91 Å². The fraction of sp³-hybridized carbons (Fsp3) is 0.750. The van der Waals surface area contributed by atoms with Crippen LogP contribution in [0.2, 0.25) is 0 Å². The third-order valence-corrected chi connectivity index (χ3v) is 5.11. The predicted octanol–water partition coefficient (Wildman–Crippen LogP) is 0.563. The van der Waals surface area contributed by atoms with Gasteiger partial charge in [-0.05, 0) is 19.3 Å². The van der Waals surface area contributed by atoms with Gasteiger partial charge in [-0.2, -0.15) is 5.10 Å². The molecule has 3 aliphatic heterocycles. The number of likely N-dealkylation sites (tertiary alicyclic amines) is 1. The van der Waals surface area contributed by atoms with Crippen molar-refractivity contribution in [2.75, 3.05) is 26.3 Å². The second-order valence-electron chi connectivity index (χ2n) is 6.78. The van der Waals surface area contributed by atoms with Crippen molar-refractivity contribution in [1.29, 1.82) is 0 Å². The van der Waals surface area contributed by atoms with Crippen LogP contribution in [0.25, 0.3) is 0 Å². The first-order chi connectivity index (χ1) is 11.2. The van der Waals surface area contributed by atoms with E-state index in [-0.39, 0.29) is 17.9 Å². The number of aryl methyl sites for hydroxylation is 1. The molecule has 7 heteroatoms. The lowest BCUT2D eigenvalue weighted by Gasteiger charge is -2.40. The second-order valence-corrected chi connectivity index (χ2v) is 6.78. The van der Waals surface area contributed by atoms with Gasteiger partial charge >= 0.3 is 0 Å². The quantitative estimate of drug-likeness (QED) is 0.815. The topological polar surface area (TPSA) is 59.8 Å². The maximum absolute atomic E-state index is 12.7. The highest BCUT2D eigenvalue weighted by Gasteiger charge is 2.43. The van der Waals surface area contributed by atoms with E-state index in [2.05, 4.69) is 10.00 Å². The molecular formula is C16H24N4O3. The lowest BCUT2D eigenvalue weighted by atomic mass is 9.89. The third-order valence-electron chi connectivity index (χ3n) is 5.11. The van der Waals surface area contributed by atoms with Crippen LogP contribution in [-0.2, 0) is 28.0 Å². The van der Waals surface area contributed by atoms with Gasteiger partial charge in [-0.1, -0.05) is 0 Å². The fourth-order valence-corrected chi connectivity index (χ4v) is 4.03. The van der Waals surface area contributed by atoms with Crippen molar-refractivity contribution < 1.29 is 14.4 Å². The van der Waals surface area contributed by atoms with Crippen LogP contribution >= 0.6 is 0 Å². The normalized spacial score (nSPS) is 31.5. The minimum absolute atomic E-state index is 0.0379. The smallest absolute Gasteiger partial charge is 0.250 e. The molecule has 0 N–H and O–H groups in total. The van der Waals surface area contributed by atoms with Crippen molar-refractivity contribution in [3.63, 3.8) is 0 Å². The first-order valence-corrected chi connectivity index (χ1v) is 8.48. The van der Waals surface area contributed by atoms with Gasteiger partial charge in [-0.25, -0.2) is 5.06 Å². The van der Waals surface area contributed by atoms with Crippen LogP contribution in [0.1, 0.15) is 24.8 Å². The third kappa shape index (κ3) is 3.00. The average Bonchev–Trinajstić information content (AvgIpc) is 3.27. The summed E-state index contributed by atoms with van der Waals surface area (Å²) in [6, 6.07) is 0.416. The number of amides is 1. The number of fused-ring (bicyclic) bond motifs is 1.